The summed E-state index contributed by atoms with van der Waals surface area (Å²) in [5, 5.41) is 12.5. The highest BCUT2D eigenvalue weighted by Gasteiger charge is 2.43. The highest BCUT2D eigenvalue weighted by Crippen LogP contribution is 2.36. The molecule has 2 heterocycles. The number of aryl methyl sites for hydroxylation is 1. The molecule has 1 aromatic heterocycles. The maximum absolute atomic E-state index is 11.7. The van der Waals surface area contributed by atoms with Gasteiger partial charge < -0.3 is 9.84 Å². The minimum Gasteiger partial charge on any atom is -0.394 e. The molecule has 2 rings (SSSR count). The van der Waals surface area contributed by atoms with Crippen LogP contribution in [0.4, 0.5) is 0 Å². The largest absolute Gasteiger partial charge is 0.394 e. The number of ether oxygens (including phenoxy) is 1. The normalized spacial score (nSPS) is 25.5. The third-order valence-corrected chi connectivity index (χ3v) is 3.11. The van der Waals surface area contributed by atoms with Crippen LogP contribution >= 0.6 is 0 Å². The van der Waals surface area contributed by atoms with Crippen LogP contribution in [0.25, 0.3) is 10.4 Å². The van der Waals surface area contributed by atoms with Crippen molar-refractivity contribution in [3.05, 3.63) is 43.0 Å². The molecule has 1 aliphatic rings. The fourth-order valence-corrected chi connectivity index (χ4v) is 2.04. The monoisotopic (exact) mass is 267 g/mol. The van der Waals surface area contributed by atoms with Crippen LogP contribution in [0.3, 0.4) is 0 Å². The molecule has 3 atom stereocenters. The van der Waals surface area contributed by atoms with Gasteiger partial charge in [0.15, 0.2) is 0 Å². The summed E-state index contributed by atoms with van der Waals surface area (Å²) in [5.41, 5.74) is 7.65. The second kappa shape index (κ2) is 5.27. The number of nitrogens with one attached hydrogen (secondary N) is 1. The Kier molecular flexibility index (Phi) is 3.70. The van der Waals surface area contributed by atoms with Gasteiger partial charge in [-0.1, -0.05) is 5.11 Å². The van der Waals surface area contributed by atoms with Crippen molar-refractivity contribution < 1.29 is 9.84 Å². The van der Waals surface area contributed by atoms with Crippen LogP contribution in [-0.4, -0.2) is 33.9 Å². The van der Waals surface area contributed by atoms with Crippen molar-refractivity contribution in [3.63, 3.8) is 0 Å². The van der Waals surface area contributed by atoms with Gasteiger partial charge in [-0.3, -0.25) is 14.3 Å². The van der Waals surface area contributed by atoms with E-state index >= 15 is 0 Å². The van der Waals surface area contributed by atoms with E-state index in [1.165, 1.54) is 10.8 Å². The predicted octanol–water partition coefficient (Wildman–Crippen LogP) is -0.339. The maximum atomic E-state index is 11.7. The van der Waals surface area contributed by atoms with Crippen LogP contribution in [0.1, 0.15) is 11.8 Å². The first kappa shape index (κ1) is 13.3. The third-order valence-electron chi connectivity index (χ3n) is 3.11. The number of azide groups is 1. The fourth-order valence-electron chi connectivity index (χ4n) is 2.04. The Bertz CT molecular complexity index is 630. The van der Waals surface area contributed by atoms with Crippen LogP contribution in [0, 0.1) is 12.8 Å². The second-order valence-corrected chi connectivity index (χ2v) is 4.30. The van der Waals surface area contributed by atoms with Crippen molar-refractivity contribution in [2.75, 3.05) is 13.2 Å². The van der Waals surface area contributed by atoms with E-state index in [-0.39, 0.29) is 19.1 Å². The Hall–Kier alpha value is -2.09. The molecule has 1 fully saturated rings. The molecule has 0 unspecified atom stereocenters. The van der Waals surface area contributed by atoms with E-state index in [1.54, 1.807) is 6.92 Å². The number of aromatic amines is 1. The van der Waals surface area contributed by atoms with Crippen molar-refractivity contribution in [1.82, 2.24) is 9.55 Å². The van der Waals surface area contributed by atoms with Gasteiger partial charge in [0.2, 0.25) is 0 Å². The van der Waals surface area contributed by atoms with E-state index in [0.717, 1.165) is 0 Å². The van der Waals surface area contributed by atoms with Gasteiger partial charge in [-0.2, -0.15) is 0 Å². The fraction of sp³-hybridized carbons (Fsp3) is 0.600. The van der Waals surface area contributed by atoms with E-state index in [9.17, 15) is 9.59 Å². The molecule has 0 bridgehead atoms. The molecular formula is C10H13N5O4. The van der Waals surface area contributed by atoms with Crippen LogP contribution in [0.15, 0.2) is 20.9 Å². The molecule has 9 heteroatoms. The molecule has 1 aliphatic heterocycles. The van der Waals surface area contributed by atoms with Crippen molar-refractivity contribution in [1.29, 1.82) is 0 Å². The molecular weight excluding hydrogens is 254 g/mol. The SMILES string of the molecule is Cc1cn([C@@H]2O[C@H](CO)[C@H]2CN=[N+]=[N-])c(=O)[nH]c1=O. The van der Waals surface area contributed by atoms with E-state index in [4.69, 9.17) is 15.4 Å². The van der Waals surface area contributed by atoms with E-state index < -0.39 is 23.6 Å². The predicted molar refractivity (Wildman–Crippen MR) is 64.6 cm³/mol. The minimum atomic E-state index is -0.648. The lowest BCUT2D eigenvalue weighted by molar-refractivity contribution is -0.233. The highest BCUT2D eigenvalue weighted by atomic mass is 16.5. The molecule has 0 aromatic carbocycles. The summed E-state index contributed by atoms with van der Waals surface area (Å²) in [6.45, 7) is 1.45. The van der Waals surface area contributed by atoms with Crippen LogP contribution in [0.2, 0.25) is 0 Å². The van der Waals surface area contributed by atoms with Crippen LogP contribution in [-0.2, 0) is 4.74 Å². The summed E-state index contributed by atoms with van der Waals surface area (Å²) in [6.07, 6.45) is 0.267. The van der Waals surface area contributed by atoms with Gasteiger partial charge >= 0.3 is 5.69 Å². The van der Waals surface area contributed by atoms with Gasteiger partial charge in [-0.15, -0.1) is 0 Å². The highest BCUT2D eigenvalue weighted by molar-refractivity contribution is 5.03. The standard InChI is InChI=1S/C10H13N5O4/c1-5-3-15(10(18)13-8(5)17)9-6(2-12-14-11)7(4-16)19-9/h3,6-7,9,16H,2,4H2,1H3,(H,13,17,18)/t6-,7-,9-/m1/s1. The molecule has 0 spiro atoms. The average Bonchev–Trinajstić information content (AvgIpc) is 2.35. The first-order chi connectivity index (χ1) is 9.08. The zero-order chi connectivity index (χ0) is 14.0. The summed E-state index contributed by atoms with van der Waals surface area (Å²) >= 11 is 0. The van der Waals surface area contributed by atoms with Gasteiger partial charge in [0, 0.05) is 29.1 Å². The number of hydrogen-bond donors (Lipinski definition) is 2. The lowest BCUT2D eigenvalue weighted by Gasteiger charge is -2.43. The number of aliphatic hydroxyl groups excluding tert-OH is 1. The number of rotatable bonds is 4. The quantitative estimate of drug-likeness (QED) is 0.438. The zero-order valence-corrected chi connectivity index (χ0v) is 10.2. The van der Waals surface area contributed by atoms with Crippen molar-refractivity contribution in [2.24, 2.45) is 11.0 Å². The minimum absolute atomic E-state index is 0.108. The lowest BCUT2D eigenvalue weighted by atomic mass is 9.94. The number of hydrogen-bond acceptors (Lipinski definition) is 5. The van der Waals surface area contributed by atoms with E-state index in [0.29, 0.717) is 5.56 Å². The van der Waals surface area contributed by atoms with Gasteiger partial charge in [-0.05, 0) is 12.5 Å². The first-order valence-electron chi connectivity index (χ1n) is 5.67. The maximum Gasteiger partial charge on any atom is 0.330 e. The molecule has 0 amide bonds. The number of H-pyrrole nitrogens is 1. The summed E-state index contributed by atoms with van der Waals surface area (Å²) in [4.78, 5) is 27.8. The molecule has 0 aliphatic carbocycles. The van der Waals surface area contributed by atoms with Crippen molar-refractivity contribution in [3.8, 4) is 0 Å². The van der Waals surface area contributed by atoms with Gasteiger partial charge in [-0.25, -0.2) is 4.79 Å². The van der Waals surface area contributed by atoms with Crippen molar-refractivity contribution in [2.45, 2.75) is 19.3 Å². The molecule has 0 radical (unpaired) electrons. The summed E-state index contributed by atoms with van der Waals surface area (Å²) < 4.78 is 6.60. The molecule has 0 saturated carbocycles. The molecule has 19 heavy (non-hydrogen) atoms. The average molecular weight is 267 g/mol. The summed E-state index contributed by atoms with van der Waals surface area (Å²) in [6, 6.07) is 0. The molecule has 1 aromatic rings. The second-order valence-electron chi connectivity index (χ2n) is 4.30. The first-order valence-corrected chi connectivity index (χ1v) is 5.67. The van der Waals surface area contributed by atoms with E-state index in [2.05, 4.69) is 15.0 Å². The Morgan fingerprint density at radius 2 is 2.37 bits per heavy atom. The Labute approximate surface area is 107 Å². The third kappa shape index (κ3) is 2.39. The van der Waals surface area contributed by atoms with Crippen LogP contribution in [0.5, 0.6) is 0 Å². The number of aliphatic hydroxyl groups is 1. The topological polar surface area (TPSA) is 133 Å². The van der Waals surface area contributed by atoms with Gasteiger partial charge in [0.25, 0.3) is 5.56 Å². The Morgan fingerprint density at radius 1 is 1.63 bits per heavy atom. The van der Waals surface area contributed by atoms with Gasteiger partial charge in [0.1, 0.15) is 6.23 Å². The Morgan fingerprint density at radius 3 is 3.00 bits per heavy atom. The van der Waals surface area contributed by atoms with Crippen molar-refractivity contribution >= 4 is 0 Å². The lowest BCUT2D eigenvalue weighted by Crippen LogP contribution is -2.52. The summed E-state index contributed by atoms with van der Waals surface area (Å²) in [5.74, 6) is -0.302. The molecule has 102 valence electrons. The molecule has 1 saturated heterocycles. The number of aromatic nitrogens is 2. The van der Waals surface area contributed by atoms with E-state index in [1.807, 2.05) is 0 Å². The molecule has 2 N–H and O–H groups in total. The smallest absolute Gasteiger partial charge is 0.330 e. The zero-order valence-electron chi connectivity index (χ0n) is 10.2. The Balaban J connectivity index is 2.31. The summed E-state index contributed by atoms with van der Waals surface area (Å²) in [7, 11) is 0. The number of nitrogens with zero attached hydrogens (tertiary/aromatic N) is 4. The van der Waals surface area contributed by atoms with Gasteiger partial charge in [0.05, 0.1) is 12.7 Å². The molecule has 9 nitrogen and oxygen atoms in total. The van der Waals surface area contributed by atoms with Crippen LogP contribution < -0.4 is 11.2 Å².